The van der Waals surface area contributed by atoms with E-state index in [1.165, 1.54) is 5.56 Å². The van der Waals surface area contributed by atoms with E-state index in [4.69, 9.17) is 0 Å². The number of hydrogen-bond acceptors (Lipinski definition) is 3. The van der Waals surface area contributed by atoms with Gasteiger partial charge in [-0.3, -0.25) is 4.90 Å². The minimum absolute atomic E-state index is 0.253. The Morgan fingerprint density at radius 3 is 2.50 bits per heavy atom. The van der Waals surface area contributed by atoms with Crippen molar-refractivity contribution in [1.29, 1.82) is 0 Å². The Bertz CT molecular complexity index is 296. The van der Waals surface area contributed by atoms with Crippen molar-refractivity contribution in [3.8, 4) is 0 Å². The van der Waals surface area contributed by atoms with E-state index in [1.54, 1.807) is 0 Å². The highest BCUT2D eigenvalue weighted by atomic mass is 16.3. The maximum atomic E-state index is 9.19. The van der Waals surface area contributed by atoms with Crippen LogP contribution in [0.5, 0.6) is 0 Å². The SMILES string of the molecule is OCC[C@H](c1ccccc1)N1CCNCC1. The van der Waals surface area contributed by atoms with Crippen LogP contribution in [0.15, 0.2) is 30.3 Å². The van der Waals surface area contributed by atoms with E-state index in [2.05, 4.69) is 34.5 Å². The minimum atomic E-state index is 0.253. The van der Waals surface area contributed by atoms with Gasteiger partial charge in [-0.15, -0.1) is 0 Å². The molecule has 0 spiro atoms. The predicted octanol–water partition coefficient (Wildman–Crippen LogP) is 1.02. The molecule has 1 heterocycles. The zero-order valence-corrected chi connectivity index (χ0v) is 9.60. The Morgan fingerprint density at radius 2 is 1.88 bits per heavy atom. The molecule has 1 aromatic rings. The lowest BCUT2D eigenvalue weighted by atomic mass is 10.0. The minimum Gasteiger partial charge on any atom is -0.396 e. The van der Waals surface area contributed by atoms with Gasteiger partial charge in [0.15, 0.2) is 0 Å². The number of hydrogen-bond donors (Lipinski definition) is 2. The largest absolute Gasteiger partial charge is 0.396 e. The molecule has 3 heteroatoms. The zero-order chi connectivity index (χ0) is 11.2. The summed E-state index contributed by atoms with van der Waals surface area (Å²) < 4.78 is 0. The fraction of sp³-hybridized carbons (Fsp3) is 0.538. The average Bonchev–Trinajstić information content (AvgIpc) is 2.38. The van der Waals surface area contributed by atoms with Gasteiger partial charge >= 0.3 is 0 Å². The Hall–Kier alpha value is -0.900. The lowest BCUT2D eigenvalue weighted by Crippen LogP contribution is -2.45. The molecule has 1 aromatic carbocycles. The average molecular weight is 220 g/mol. The van der Waals surface area contributed by atoms with Gasteiger partial charge in [0.1, 0.15) is 0 Å². The predicted molar refractivity (Wildman–Crippen MR) is 65.3 cm³/mol. The van der Waals surface area contributed by atoms with Crippen molar-refractivity contribution in [2.75, 3.05) is 32.8 Å². The van der Waals surface area contributed by atoms with Crippen molar-refractivity contribution in [3.05, 3.63) is 35.9 Å². The number of benzene rings is 1. The van der Waals surface area contributed by atoms with Crippen LogP contribution in [0, 0.1) is 0 Å². The molecule has 3 nitrogen and oxygen atoms in total. The maximum Gasteiger partial charge on any atom is 0.0449 e. The van der Waals surface area contributed by atoms with Gasteiger partial charge < -0.3 is 10.4 Å². The summed E-state index contributed by atoms with van der Waals surface area (Å²) in [6, 6.07) is 10.9. The number of nitrogens with one attached hydrogen (secondary N) is 1. The lowest BCUT2D eigenvalue weighted by molar-refractivity contribution is 0.141. The third-order valence-corrected chi connectivity index (χ3v) is 3.18. The molecule has 2 N–H and O–H groups in total. The second-order valence-corrected chi connectivity index (χ2v) is 4.22. The normalized spacial score (nSPS) is 19.6. The Kier molecular flexibility index (Phi) is 4.34. The summed E-state index contributed by atoms with van der Waals surface area (Å²) in [6.07, 6.45) is 0.823. The molecule has 0 aliphatic carbocycles. The van der Waals surface area contributed by atoms with Crippen LogP contribution in [0.2, 0.25) is 0 Å². The topological polar surface area (TPSA) is 35.5 Å². The van der Waals surface area contributed by atoms with E-state index < -0.39 is 0 Å². The molecule has 1 aliphatic rings. The summed E-state index contributed by atoms with van der Waals surface area (Å²) >= 11 is 0. The molecule has 2 rings (SSSR count). The lowest BCUT2D eigenvalue weighted by Gasteiger charge is -2.35. The van der Waals surface area contributed by atoms with Crippen LogP contribution in [0.3, 0.4) is 0 Å². The molecule has 0 unspecified atom stereocenters. The Balaban J connectivity index is 2.09. The fourth-order valence-corrected chi connectivity index (χ4v) is 2.35. The van der Waals surface area contributed by atoms with Crippen LogP contribution in [0.4, 0.5) is 0 Å². The van der Waals surface area contributed by atoms with Gasteiger partial charge in [-0.2, -0.15) is 0 Å². The number of piperazine rings is 1. The second kappa shape index (κ2) is 5.99. The van der Waals surface area contributed by atoms with E-state index >= 15 is 0 Å². The van der Waals surface area contributed by atoms with Gasteiger partial charge in [-0.1, -0.05) is 30.3 Å². The summed E-state index contributed by atoms with van der Waals surface area (Å²) in [5, 5.41) is 12.5. The third kappa shape index (κ3) is 2.82. The van der Waals surface area contributed by atoms with Gasteiger partial charge in [0.2, 0.25) is 0 Å². The summed E-state index contributed by atoms with van der Waals surface area (Å²) in [5.41, 5.74) is 1.32. The van der Waals surface area contributed by atoms with Gasteiger partial charge in [-0.05, 0) is 12.0 Å². The van der Waals surface area contributed by atoms with Crippen molar-refractivity contribution in [1.82, 2.24) is 10.2 Å². The van der Waals surface area contributed by atoms with Gasteiger partial charge in [0.25, 0.3) is 0 Å². The highest BCUT2D eigenvalue weighted by Crippen LogP contribution is 2.23. The molecular weight excluding hydrogens is 200 g/mol. The summed E-state index contributed by atoms with van der Waals surface area (Å²) in [4.78, 5) is 2.46. The van der Waals surface area contributed by atoms with Crippen molar-refractivity contribution >= 4 is 0 Å². The molecule has 0 amide bonds. The van der Waals surface area contributed by atoms with Crippen LogP contribution in [-0.4, -0.2) is 42.8 Å². The first-order valence-electron chi connectivity index (χ1n) is 6.02. The third-order valence-electron chi connectivity index (χ3n) is 3.18. The summed E-state index contributed by atoms with van der Waals surface area (Å²) in [6.45, 7) is 4.49. The second-order valence-electron chi connectivity index (χ2n) is 4.22. The molecule has 0 radical (unpaired) electrons. The summed E-state index contributed by atoms with van der Waals surface area (Å²) in [7, 11) is 0. The highest BCUT2D eigenvalue weighted by Gasteiger charge is 2.21. The van der Waals surface area contributed by atoms with Crippen LogP contribution in [-0.2, 0) is 0 Å². The molecule has 0 saturated carbocycles. The molecule has 1 fully saturated rings. The zero-order valence-electron chi connectivity index (χ0n) is 9.60. The van der Waals surface area contributed by atoms with Crippen molar-refractivity contribution in [2.45, 2.75) is 12.5 Å². The van der Waals surface area contributed by atoms with E-state index in [1.807, 2.05) is 6.07 Å². The van der Waals surface area contributed by atoms with E-state index in [0.717, 1.165) is 32.6 Å². The smallest absolute Gasteiger partial charge is 0.0449 e. The van der Waals surface area contributed by atoms with E-state index in [-0.39, 0.29) is 6.61 Å². The van der Waals surface area contributed by atoms with Gasteiger partial charge in [0.05, 0.1) is 0 Å². The first-order chi connectivity index (χ1) is 7.92. The van der Waals surface area contributed by atoms with Crippen LogP contribution < -0.4 is 5.32 Å². The monoisotopic (exact) mass is 220 g/mol. The van der Waals surface area contributed by atoms with Gasteiger partial charge in [-0.25, -0.2) is 0 Å². The van der Waals surface area contributed by atoms with Gasteiger partial charge in [0, 0.05) is 38.8 Å². The molecule has 88 valence electrons. The van der Waals surface area contributed by atoms with Crippen LogP contribution in [0.25, 0.3) is 0 Å². The number of aliphatic hydroxyl groups is 1. The first kappa shape index (κ1) is 11.6. The molecule has 1 atom stereocenters. The molecule has 1 aliphatic heterocycles. The van der Waals surface area contributed by atoms with Crippen molar-refractivity contribution in [2.24, 2.45) is 0 Å². The Morgan fingerprint density at radius 1 is 1.19 bits per heavy atom. The van der Waals surface area contributed by atoms with Crippen molar-refractivity contribution in [3.63, 3.8) is 0 Å². The number of rotatable bonds is 4. The molecule has 0 aromatic heterocycles. The highest BCUT2D eigenvalue weighted by molar-refractivity contribution is 5.19. The standard InChI is InChI=1S/C13H20N2O/c16-11-6-13(12-4-2-1-3-5-12)15-9-7-14-8-10-15/h1-5,13-14,16H,6-11H2/t13-/m1/s1. The fourth-order valence-electron chi connectivity index (χ4n) is 2.35. The Labute approximate surface area is 97.1 Å². The molecule has 16 heavy (non-hydrogen) atoms. The maximum absolute atomic E-state index is 9.19. The molecular formula is C13H20N2O. The number of aliphatic hydroxyl groups excluding tert-OH is 1. The molecule has 1 saturated heterocycles. The van der Waals surface area contributed by atoms with Crippen LogP contribution in [0.1, 0.15) is 18.0 Å². The van der Waals surface area contributed by atoms with Crippen molar-refractivity contribution < 1.29 is 5.11 Å². The molecule has 0 bridgehead atoms. The van der Waals surface area contributed by atoms with E-state index in [0.29, 0.717) is 6.04 Å². The van der Waals surface area contributed by atoms with E-state index in [9.17, 15) is 5.11 Å². The summed E-state index contributed by atoms with van der Waals surface area (Å²) in [5.74, 6) is 0. The quantitative estimate of drug-likeness (QED) is 0.795. The number of nitrogens with zero attached hydrogens (tertiary/aromatic N) is 1. The van der Waals surface area contributed by atoms with Crippen LogP contribution >= 0.6 is 0 Å². The first-order valence-corrected chi connectivity index (χ1v) is 6.02.